The third-order valence-electron chi connectivity index (χ3n) is 4.75. The number of benzene rings is 1. The third-order valence-corrected chi connectivity index (χ3v) is 6.71. The molecule has 7 nitrogen and oxygen atoms in total. The average Bonchev–Trinajstić information content (AvgIpc) is 3.35. The number of thioether (sulfide) groups is 1. The molecule has 1 N–H and O–H groups in total. The summed E-state index contributed by atoms with van der Waals surface area (Å²) in [5.74, 6) is 1.62. The number of aromatic nitrogens is 6. The van der Waals surface area contributed by atoms with Crippen LogP contribution < -0.4 is 5.56 Å². The fourth-order valence-electron chi connectivity index (χ4n) is 3.12. The van der Waals surface area contributed by atoms with Crippen LogP contribution >= 0.6 is 23.1 Å². The molecule has 4 rings (SSSR count). The van der Waals surface area contributed by atoms with Crippen molar-refractivity contribution < 1.29 is 0 Å². The van der Waals surface area contributed by atoms with Gasteiger partial charge < -0.3 is 0 Å². The van der Waals surface area contributed by atoms with Gasteiger partial charge in [-0.15, -0.1) is 5.10 Å². The molecule has 0 radical (unpaired) electrons. The van der Waals surface area contributed by atoms with Crippen molar-refractivity contribution in [1.29, 1.82) is 0 Å². The molecule has 0 aliphatic rings. The van der Waals surface area contributed by atoms with E-state index in [4.69, 9.17) is 0 Å². The molecule has 0 atom stereocenters. The maximum Gasteiger partial charge on any atom is 0.275 e. The molecular weight excluding hydrogens is 404 g/mol. The van der Waals surface area contributed by atoms with Crippen molar-refractivity contribution in [3.63, 3.8) is 0 Å². The van der Waals surface area contributed by atoms with Crippen LogP contribution in [-0.4, -0.2) is 29.8 Å². The Morgan fingerprint density at radius 2 is 2.03 bits per heavy atom. The Hall–Kier alpha value is -2.52. The van der Waals surface area contributed by atoms with E-state index in [2.05, 4.69) is 45.2 Å². The van der Waals surface area contributed by atoms with E-state index in [0.717, 1.165) is 29.2 Å². The van der Waals surface area contributed by atoms with Crippen LogP contribution in [0.15, 0.2) is 40.3 Å². The number of aryl methyl sites for hydroxylation is 1. The molecule has 4 aromatic rings. The minimum atomic E-state index is -0.144. The van der Waals surface area contributed by atoms with Crippen molar-refractivity contribution in [3.05, 3.63) is 57.0 Å². The van der Waals surface area contributed by atoms with Gasteiger partial charge in [0.1, 0.15) is 5.01 Å². The van der Waals surface area contributed by atoms with Crippen LogP contribution in [0.1, 0.15) is 48.9 Å². The van der Waals surface area contributed by atoms with Gasteiger partial charge in [0.25, 0.3) is 5.56 Å². The van der Waals surface area contributed by atoms with E-state index in [1.807, 2.05) is 25.1 Å². The molecule has 29 heavy (non-hydrogen) atoms. The lowest BCUT2D eigenvalue weighted by Gasteiger charge is -2.05. The number of hydrogen-bond acceptors (Lipinski definition) is 7. The molecule has 0 aliphatic heterocycles. The Balaban J connectivity index is 1.52. The molecular formula is C20H22N6OS2. The van der Waals surface area contributed by atoms with Crippen molar-refractivity contribution in [1.82, 2.24) is 29.8 Å². The smallest absolute Gasteiger partial charge is 0.267 e. The summed E-state index contributed by atoms with van der Waals surface area (Å²) in [5, 5.41) is 13.3. The summed E-state index contributed by atoms with van der Waals surface area (Å²) in [6.45, 7) is 6.32. The summed E-state index contributed by atoms with van der Waals surface area (Å²) in [4.78, 5) is 22.3. The Kier molecular flexibility index (Phi) is 5.77. The van der Waals surface area contributed by atoms with Crippen LogP contribution in [0.4, 0.5) is 0 Å². The number of nitrogens with one attached hydrogen (secondary N) is 1. The fourth-order valence-corrected chi connectivity index (χ4v) is 5.00. The second kappa shape index (κ2) is 8.46. The first-order valence-corrected chi connectivity index (χ1v) is 11.4. The zero-order valence-electron chi connectivity index (χ0n) is 16.5. The Morgan fingerprint density at radius 1 is 1.21 bits per heavy atom. The van der Waals surface area contributed by atoms with E-state index in [1.165, 1.54) is 33.2 Å². The van der Waals surface area contributed by atoms with Gasteiger partial charge in [0.2, 0.25) is 10.1 Å². The van der Waals surface area contributed by atoms with E-state index < -0.39 is 0 Å². The van der Waals surface area contributed by atoms with E-state index in [9.17, 15) is 4.79 Å². The topological polar surface area (TPSA) is 88.8 Å². The van der Waals surface area contributed by atoms with Crippen LogP contribution in [0.25, 0.3) is 16.3 Å². The summed E-state index contributed by atoms with van der Waals surface area (Å²) in [6.07, 6.45) is 2.00. The molecule has 0 amide bonds. The monoisotopic (exact) mass is 426 g/mol. The molecule has 0 aliphatic carbocycles. The predicted octanol–water partition coefficient (Wildman–Crippen LogP) is 4.44. The Bertz CT molecular complexity index is 1190. The van der Waals surface area contributed by atoms with Crippen LogP contribution in [-0.2, 0) is 5.75 Å². The van der Waals surface area contributed by atoms with Gasteiger partial charge in [-0.1, -0.05) is 60.7 Å². The fraction of sp³-hybridized carbons (Fsp3) is 0.350. The number of hydrogen-bond donors (Lipinski definition) is 1. The van der Waals surface area contributed by atoms with Crippen molar-refractivity contribution >= 4 is 28.1 Å². The minimum absolute atomic E-state index is 0.144. The van der Waals surface area contributed by atoms with Crippen molar-refractivity contribution in [2.24, 2.45) is 0 Å². The summed E-state index contributed by atoms with van der Waals surface area (Å²) in [6, 6.07) is 9.65. The summed E-state index contributed by atoms with van der Waals surface area (Å²) >= 11 is 2.95. The molecule has 0 fully saturated rings. The van der Waals surface area contributed by atoms with Gasteiger partial charge in [0, 0.05) is 23.3 Å². The molecule has 3 heterocycles. The largest absolute Gasteiger partial charge is 0.275 e. The third kappa shape index (κ3) is 4.25. The summed E-state index contributed by atoms with van der Waals surface area (Å²) in [7, 11) is 0. The number of rotatable bonds is 7. The number of H-pyrrole nitrogens is 1. The number of nitrogens with zero attached hydrogens (tertiary/aromatic N) is 5. The van der Waals surface area contributed by atoms with E-state index in [1.54, 1.807) is 6.07 Å². The summed E-state index contributed by atoms with van der Waals surface area (Å²) < 4.78 is 1.41. The lowest BCUT2D eigenvalue weighted by molar-refractivity contribution is 0.623. The van der Waals surface area contributed by atoms with Crippen LogP contribution in [0.2, 0.25) is 0 Å². The maximum absolute atomic E-state index is 12.5. The van der Waals surface area contributed by atoms with Crippen LogP contribution in [0.3, 0.4) is 0 Å². The van der Waals surface area contributed by atoms with Crippen LogP contribution in [0.5, 0.6) is 0 Å². The molecule has 0 bridgehead atoms. The Morgan fingerprint density at radius 3 is 2.79 bits per heavy atom. The second-order valence-corrected chi connectivity index (χ2v) is 8.79. The van der Waals surface area contributed by atoms with Gasteiger partial charge in [0.05, 0.1) is 5.69 Å². The predicted molar refractivity (Wildman–Crippen MR) is 117 cm³/mol. The highest BCUT2D eigenvalue weighted by Crippen LogP contribution is 2.27. The average molecular weight is 427 g/mol. The van der Waals surface area contributed by atoms with Gasteiger partial charge in [-0.05, 0) is 25.8 Å². The molecule has 1 aromatic carbocycles. The van der Waals surface area contributed by atoms with Crippen molar-refractivity contribution in [3.8, 4) is 11.4 Å². The van der Waals surface area contributed by atoms with Crippen LogP contribution in [0, 0.1) is 6.92 Å². The molecule has 150 valence electrons. The molecule has 3 aromatic heterocycles. The molecule has 9 heteroatoms. The zero-order valence-corrected chi connectivity index (χ0v) is 18.2. The first kappa shape index (κ1) is 19.8. The normalized spacial score (nSPS) is 11.6. The standard InChI is InChI=1S/C20H22N6OS2/c1-4-13(5-2)18-25-26-16(27)10-15(21-20(26)29-18)11-28-19-22-17(23-24-19)14-8-6-7-12(3)9-14/h6-10,13H,4-5,11H2,1-3H3,(H,22,23,24). The number of aromatic amines is 1. The highest BCUT2D eigenvalue weighted by atomic mass is 32.2. The lowest BCUT2D eigenvalue weighted by Crippen LogP contribution is -2.15. The highest BCUT2D eigenvalue weighted by Gasteiger charge is 2.16. The lowest BCUT2D eigenvalue weighted by atomic mass is 10.1. The maximum atomic E-state index is 12.5. The van der Waals surface area contributed by atoms with Gasteiger partial charge >= 0.3 is 0 Å². The molecule has 0 spiro atoms. The molecule has 0 unspecified atom stereocenters. The Labute approximate surface area is 176 Å². The van der Waals surface area contributed by atoms with Gasteiger partial charge in [-0.2, -0.15) is 9.61 Å². The SMILES string of the molecule is CCC(CC)c1nn2c(=O)cc(CSc3n[nH]c(-c4cccc(C)c4)n3)nc2s1. The first-order chi connectivity index (χ1) is 14.1. The van der Waals surface area contributed by atoms with Gasteiger partial charge in [0.15, 0.2) is 5.82 Å². The number of fused-ring (bicyclic) bond motifs is 1. The van der Waals surface area contributed by atoms with Gasteiger partial charge in [-0.3, -0.25) is 9.89 Å². The highest BCUT2D eigenvalue weighted by molar-refractivity contribution is 7.98. The quantitative estimate of drug-likeness (QED) is 0.440. The van der Waals surface area contributed by atoms with E-state index in [-0.39, 0.29) is 5.56 Å². The van der Waals surface area contributed by atoms with E-state index in [0.29, 0.717) is 27.5 Å². The van der Waals surface area contributed by atoms with Crippen molar-refractivity contribution in [2.75, 3.05) is 0 Å². The van der Waals surface area contributed by atoms with Gasteiger partial charge in [-0.25, -0.2) is 9.97 Å². The molecule has 0 saturated carbocycles. The minimum Gasteiger partial charge on any atom is -0.267 e. The molecule has 0 saturated heterocycles. The second-order valence-electron chi connectivity index (χ2n) is 6.86. The summed E-state index contributed by atoms with van der Waals surface area (Å²) in [5.41, 5.74) is 2.74. The first-order valence-electron chi connectivity index (χ1n) is 9.59. The van der Waals surface area contributed by atoms with E-state index >= 15 is 0 Å². The zero-order chi connectivity index (χ0) is 20.4. The van der Waals surface area contributed by atoms with Crippen molar-refractivity contribution in [2.45, 2.75) is 50.4 Å².